The molecule has 0 saturated heterocycles. The Bertz CT molecular complexity index is 1270. The number of halogens is 1. The fraction of sp³-hybridized carbons (Fsp3) is 0.333. The molecule has 5 nitrogen and oxygen atoms in total. The molecule has 0 saturated carbocycles. The largest absolute Gasteiger partial charge is 0.330 e. The molecule has 0 amide bonds. The van der Waals surface area contributed by atoms with Crippen molar-refractivity contribution in [3.8, 4) is 0 Å². The van der Waals surface area contributed by atoms with Crippen molar-refractivity contribution < 1.29 is 4.79 Å². The highest BCUT2D eigenvalue weighted by Crippen LogP contribution is 2.29. The van der Waals surface area contributed by atoms with Crippen LogP contribution in [0.5, 0.6) is 0 Å². The smallest absolute Gasteiger partial charge is 0.150 e. The van der Waals surface area contributed by atoms with Crippen LogP contribution in [0.3, 0.4) is 0 Å². The van der Waals surface area contributed by atoms with E-state index in [0.29, 0.717) is 6.54 Å². The van der Waals surface area contributed by atoms with Crippen molar-refractivity contribution >= 4 is 33.2 Å². The van der Waals surface area contributed by atoms with E-state index in [4.69, 9.17) is 10.7 Å². The van der Waals surface area contributed by atoms with Crippen molar-refractivity contribution in [2.45, 2.75) is 46.2 Å². The van der Waals surface area contributed by atoms with Gasteiger partial charge in [-0.2, -0.15) is 0 Å². The lowest BCUT2D eigenvalue weighted by Gasteiger charge is -2.27. The highest BCUT2D eigenvalue weighted by Gasteiger charge is 2.22. The molecule has 0 aliphatic heterocycles. The van der Waals surface area contributed by atoms with Gasteiger partial charge in [-0.1, -0.05) is 76.9 Å². The Morgan fingerprint density at radius 1 is 1.08 bits per heavy atom. The molecule has 1 aromatic heterocycles. The SMILES string of the molecule is CCC(c1nc2cc(Br)ccc2n1Cc1ccccc1)N(C)CCCN.Cc1ccc(C=O)c(C)c1. The van der Waals surface area contributed by atoms with E-state index in [1.165, 1.54) is 16.6 Å². The predicted molar refractivity (Wildman–Crippen MR) is 154 cm³/mol. The van der Waals surface area contributed by atoms with Gasteiger partial charge in [0, 0.05) is 16.6 Å². The number of aldehydes is 1. The van der Waals surface area contributed by atoms with E-state index >= 15 is 0 Å². The second-order valence-corrected chi connectivity index (χ2v) is 10.1. The van der Waals surface area contributed by atoms with Gasteiger partial charge >= 0.3 is 0 Å². The zero-order valence-corrected chi connectivity index (χ0v) is 23.3. The maximum Gasteiger partial charge on any atom is 0.150 e. The van der Waals surface area contributed by atoms with Gasteiger partial charge < -0.3 is 10.3 Å². The van der Waals surface area contributed by atoms with E-state index in [1.807, 2.05) is 32.0 Å². The number of carbonyl (C=O) groups is 1. The molecule has 0 radical (unpaired) electrons. The summed E-state index contributed by atoms with van der Waals surface area (Å²) >= 11 is 3.58. The minimum Gasteiger partial charge on any atom is -0.330 e. The molecule has 1 unspecified atom stereocenters. The number of imidazole rings is 1. The molecule has 0 spiro atoms. The topological polar surface area (TPSA) is 64.2 Å². The molecule has 6 heteroatoms. The number of rotatable bonds is 9. The molecule has 190 valence electrons. The van der Waals surface area contributed by atoms with Crippen molar-refractivity contribution in [2.75, 3.05) is 20.1 Å². The van der Waals surface area contributed by atoms with Crippen molar-refractivity contribution in [1.82, 2.24) is 14.5 Å². The Hall–Kier alpha value is -2.80. The summed E-state index contributed by atoms with van der Waals surface area (Å²) in [7, 11) is 2.17. The third kappa shape index (κ3) is 7.12. The lowest BCUT2D eigenvalue weighted by Crippen LogP contribution is -2.29. The van der Waals surface area contributed by atoms with Crippen LogP contribution in [0.15, 0.2) is 71.2 Å². The molecule has 1 atom stereocenters. The molecule has 3 aromatic carbocycles. The van der Waals surface area contributed by atoms with E-state index in [-0.39, 0.29) is 6.04 Å². The van der Waals surface area contributed by atoms with E-state index in [9.17, 15) is 4.79 Å². The first kappa shape index (κ1) is 27.8. The van der Waals surface area contributed by atoms with Gasteiger partial charge in [0.1, 0.15) is 12.1 Å². The number of nitrogens with zero attached hydrogens (tertiary/aromatic N) is 3. The van der Waals surface area contributed by atoms with Crippen LogP contribution in [0.4, 0.5) is 0 Å². The molecular formula is C30H37BrN4O. The summed E-state index contributed by atoms with van der Waals surface area (Å²) in [5.74, 6) is 1.13. The van der Waals surface area contributed by atoms with Crippen LogP contribution in [0.2, 0.25) is 0 Å². The maximum absolute atomic E-state index is 10.3. The van der Waals surface area contributed by atoms with Gasteiger partial charge in [0.15, 0.2) is 0 Å². The average Bonchev–Trinajstić information content (AvgIpc) is 3.21. The number of hydrogen-bond donors (Lipinski definition) is 1. The number of fused-ring (bicyclic) bond motifs is 1. The molecule has 0 aliphatic carbocycles. The van der Waals surface area contributed by atoms with Gasteiger partial charge in [0.25, 0.3) is 0 Å². The highest BCUT2D eigenvalue weighted by molar-refractivity contribution is 9.10. The van der Waals surface area contributed by atoms with E-state index in [2.05, 4.69) is 87.9 Å². The van der Waals surface area contributed by atoms with Crippen LogP contribution in [0, 0.1) is 13.8 Å². The molecule has 4 rings (SSSR count). The average molecular weight is 550 g/mol. The Kier molecular flexibility index (Phi) is 10.4. The predicted octanol–water partition coefficient (Wildman–Crippen LogP) is 6.69. The molecule has 36 heavy (non-hydrogen) atoms. The summed E-state index contributed by atoms with van der Waals surface area (Å²) < 4.78 is 3.43. The molecule has 0 fully saturated rings. The summed E-state index contributed by atoms with van der Waals surface area (Å²) in [5, 5.41) is 0. The fourth-order valence-corrected chi connectivity index (χ4v) is 4.80. The lowest BCUT2D eigenvalue weighted by molar-refractivity contribution is 0.112. The van der Waals surface area contributed by atoms with Gasteiger partial charge in [0.05, 0.1) is 17.1 Å². The third-order valence-corrected chi connectivity index (χ3v) is 6.90. The number of carbonyl (C=O) groups excluding carboxylic acids is 1. The quantitative estimate of drug-likeness (QED) is 0.236. The van der Waals surface area contributed by atoms with Crippen molar-refractivity contribution in [3.05, 3.63) is 99.3 Å². The molecule has 4 aromatic rings. The van der Waals surface area contributed by atoms with Crippen molar-refractivity contribution in [3.63, 3.8) is 0 Å². The standard InChI is InChI=1S/C21H27BrN4.C9H10O/c1-3-19(25(2)13-7-12-23)21-24-18-14-17(22)10-11-20(18)26(21)15-16-8-5-4-6-9-16;1-7-3-4-9(6-10)8(2)5-7/h4-6,8-11,14,19H,3,7,12-13,15,23H2,1-2H3;3-6H,1-2H3. The zero-order chi connectivity index (χ0) is 26.1. The first-order valence-electron chi connectivity index (χ1n) is 12.5. The molecule has 2 N–H and O–H groups in total. The lowest BCUT2D eigenvalue weighted by atomic mass is 10.1. The van der Waals surface area contributed by atoms with Crippen LogP contribution in [-0.2, 0) is 6.54 Å². The highest BCUT2D eigenvalue weighted by atomic mass is 79.9. The Morgan fingerprint density at radius 2 is 1.83 bits per heavy atom. The normalized spacial score (nSPS) is 11.9. The fourth-order valence-electron chi connectivity index (χ4n) is 4.45. The maximum atomic E-state index is 10.3. The molecule has 0 aliphatic rings. The Balaban J connectivity index is 0.000000303. The van der Waals surface area contributed by atoms with E-state index in [1.54, 1.807) is 0 Å². The molecule has 1 heterocycles. The van der Waals surface area contributed by atoms with Crippen LogP contribution < -0.4 is 5.73 Å². The van der Waals surface area contributed by atoms with Crippen LogP contribution in [0.25, 0.3) is 11.0 Å². The van der Waals surface area contributed by atoms with Crippen molar-refractivity contribution in [1.29, 1.82) is 0 Å². The van der Waals surface area contributed by atoms with Crippen LogP contribution in [0.1, 0.15) is 58.7 Å². The summed E-state index contributed by atoms with van der Waals surface area (Å²) in [5.41, 5.74) is 12.2. The second kappa shape index (κ2) is 13.5. The van der Waals surface area contributed by atoms with Gasteiger partial charge in [0.2, 0.25) is 0 Å². The number of hydrogen-bond acceptors (Lipinski definition) is 4. The number of aryl methyl sites for hydroxylation is 2. The van der Waals surface area contributed by atoms with Gasteiger partial charge in [-0.25, -0.2) is 4.98 Å². The van der Waals surface area contributed by atoms with Gasteiger partial charge in [-0.3, -0.25) is 9.69 Å². The summed E-state index contributed by atoms with van der Waals surface area (Å²) in [6, 6.07) is 23.0. The second-order valence-electron chi connectivity index (χ2n) is 9.20. The third-order valence-electron chi connectivity index (χ3n) is 6.41. The molecular weight excluding hydrogens is 512 g/mol. The summed E-state index contributed by atoms with van der Waals surface area (Å²) in [6.45, 7) is 8.71. The minimum atomic E-state index is 0.274. The zero-order valence-electron chi connectivity index (χ0n) is 21.7. The van der Waals surface area contributed by atoms with E-state index < -0.39 is 0 Å². The van der Waals surface area contributed by atoms with Gasteiger partial charge in [-0.15, -0.1) is 0 Å². The number of nitrogens with two attached hydrogens (primary N) is 1. The van der Waals surface area contributed by atoms with E-state index in [0.717, 1.165) is 59.2 Å². The van der Waals surface area contributed by atoms with Crippen molar-refractivity contribution in [2.24, 2.45) is 5.73 Å². The monoisotopic (exact) mass is 548 g/mol. The summed E-state index contributed by atoms with van der Waals surface area (Å²) in [4.78, 5) is 17.7. The summed E-state index contributed by atoms with van der Waals surface area (Å²) in [6.07, 6.45) is 2.90. The van der Waals surface area contributed by atoms with Gasteiger partial charge in [-0.05, 0) is 76.2 Å². The van der Waals surface area contributed by atoms with Crippen LogP contribution in [-0.4, -0.2) is 40.9 Å². The molecule has 0 bridgehead atoms. The van der Waals surface area contributed by atoms with Crippen LogP contribution >= 0.6 is 15.9 Å². The Labute approximate surface area is 223 Å². The first-order chi connectivity index (χ1) is 17.4. The minimum absolute atomic E-state index is 0.274. The first-order valence-corrected chi connectivity index (χ1v) is 13.3. The number of benzene rings is 3. The Morgan fingerprint density at radius 3 is 2.47 bits per heavy atom. The number of aromatic nitrogens is 2.